The summed E-state index contributed by atoms with van der Waals surface area (Å²) in [5.74, 6) is 0. The van der Waals surface area contributed by atoms with E-state index in [0.29, 0.717) is 6.04 Å². The fourth-order valence-electron chi connectivity index (χ4n) is 0.950. The summed E-state index contributed by atoms with van der Waals surface area (Å²) in [7, 11) is 1.62. The summed E-state index contributed by atoms with van der Waals surface area (Å²) in [5, 5.41) is 6.89. The first-order chi connectivity index (χ1) is 7.24. The molecule has 0 aliphatic heterocycles. The van der Waals surface area contributed by atoms with E-state index in [-0.39, 0.29) is 6.47 Å². The maximum absolute atomic E-state index is 8.36. The molecule has 6 heteroatoms. The van der Waals surface area contributed by atoms with E-state index < -0.39 is 0 Å². The van der Waals surface area contributed by atoms with E-state index in [2.05, 4.69) is 43.9 Å². The third-order valence-electron chi connectivity index (χ3n) is 1.49. The Kier molecular flexibility index (Phi) is 9.96. The number of aromatic nitrogens is 1. The third kappa shape index (κ3) is 8.64. The van der Waals surface area contributed by atoms with Crippen LogP contribution in [0.5, 0.6) is 0 Å². The molecule has 15 heavy (non-hydrogen) atoms. The molecule has 0 saturated carbocycles. The van der Waals surface area contributed by atoms with Crippen molar-refractivity contribution in [2.45, 2.75) is 19.4 Å². The van der Waals surface area contributed by atoms with Gasteiger partial charge in [0.1, 0.15) is 0 Å². The molecule has 0 aliphatic rings. The molecule has 0 bridgehead atoms. The molecular formula is C9H13IN2O2S. The summed E-state index contributed by atoms with van der Waals surface area (Å²) in [5.41, 5.74) is 1.14. The molecule has 4 nitrogen and oxygen atoms in total. The Hall–Kier alpha value is -0.340. The van der Waals surface area contributed by atoms with Crippen LogP contribution in [0.15, 0.2) is 24.4 Å². The first kappa shape index (κ1) is 14.7. The van der Waals surface area contributed by atoms with Gasteiger partial charge in [-0.25, -0.2) is 0 Å². The Balaban J connectivity index is 0.000000583. The number of hydrogen-bond acceptors (Lipinski definition) is 4. The highest BCUT2D eigenvalue weighted by molar-refractivity contribution is 14.2. The summed E-state index contributed by atoms with van der Waals surface area (Å²) >= 11 is 2.23. The largest absolute Gasteiger partial charge is 0.483 e. The molecular weight excluding hydrogens is 327 g/mol. The average Bonchev–Trinajstić information content (AvgIpc) is 2.20. The topological polar surface area (TPSA) is 62.2 Å². The number of nitrogens with one attached hydrogen (secondary N) is 1. The van der Waals surface area contributed by atoms with Crippen molar-refractivity contribution in [3.63, 3.8) is 0 Å². The molecule has 1 unspecified atom stereocenters. The van der Waals surface area contributed by atoms with Gasteiger partial charge in [0.2, 0.25) is 0 Å². The van der Waals surface area contributed by atoms with Crippen LogP contribution in [-0.4, -0.2) is 22.6 Å². The lowest BCUT2D eigenvalue weighted by Gasteiger charge is -2.08. The zero-order valence-corrected chi connectivity index (χ0v) is 11.2. The van der Waals surface area contributed by atoms with Crippen molar-refractivity contribution in [2.75, 3.05) is 0 Å². The van der Waals surface area contributed by atoms with Crippen LogP contribution < -0.4 is 4.72 Å². The Morgan fingerprint density at radius 2 is 2.40 bits per heavy atom. The summed E-state index contributed by atoms with van der Waals surface area (Å²) in [6.07, 6.45) is 2.82. The van der Waals surface area contributed by atoms with E-state index >= 15 is 0 Å². The van der Waals surface area contributed by atoms with Crippen molar-refractivity contribution in [3.05, 3.63) is 30.1 Å². The molecule has 0 radical (unpaired) electrons. The first-order valence-electron chi connectivity index (χ1n) is 4.25. The van der Waals surface area contributed by atoms with Gasteiger partial charge < -0.3 is 5.11 Å². The lowest BCUT2D eigenvalue weighted by molar-refractivity contribution is -0.122. The van der Waals surface area contributed by atoms with Gasteiger partial charge in [0.05, 0.1) is 0 Å². The number of carbonyl (C=O) groups is 1. The van der Waals surface area contributed by atoms with Crippen LogP contribution in [0.4, 0.5) is 0 Å². The van der Waals surface area contributed by atoms with E-state index in [1.807, 2.05) is 18.3 Å². The van der Waals surface area contributed by atoms with Crippen LogP contribution in [-0.2, 0) is 11.2 Å². The van der Waals surface area contributed by atoms with Crippen molar-refractivity contribution in [1.29, 1.82) is 0 Å². The van der Waals surface area contributed by atoms with Crippen molar-refractivity contribution in [2.24, 2.45) is 0 Å². The lowest BCUT2D eigenvalue weighted by atomic mass is 10.2. The average molecular weight is 340 g/mol. The van der Waals surface area contributed by atoms with Crippen molar-refractivity contribution < 1.29 is 9.90 Å². The minimum absolute atomic E-state index is 0.250. The van der Waals surface area contributed by atoms with Gasteiger partial charge in [-0.05, 0) is 28.2 Å². The predicted molar refractivity (Wildman–Crippen MR) is 70.8 cm³/mol. The highest BCUT2D eigenvalue weighted by Crippen LogP contribution is 2.08. The smallest absolute Gasteiger partial charge is 0.290 e. The molecule has 2 N–H and O–H groups in total. The second-order valence-corrected chi connectivity index (χ2v) is 4.44. The maximum Gasteiger partial charge on any atom is 0.290 e. The van der Waals surface area contributed by atoms with Crippen LogP contribution in [0, 0.1) is 0 Å². The van der Waals surface area contributed by atoms with Crippen molar-refractivity contribution >= 4 is 36.8 Å². The Morgan fingerprint density at radius 1 is 1.73 bits per heavy atom. The molecule has 0 amide bonds. The third-order valence-corrected chi connectivity index (χ3v) is 2.74. The van der Waals surface area contributed by atoms with Gasteiger partial charge >= 0.3 is 0 Å². The second kappa shape index (κ2) is 10.2. The van der Waals surface area contributed by atoms with Crippen molar-refractivity contribution in [3.8, 4) is 0 Å². The molecule has 0 saturated heterocycles. The molecule has 1 aromatic rings. The molecule has 84 valence electrons. The van der Waals surface area contributed by atoms with E-state index in [1.165, 1.54) is 0 Å². The van der Waals surface area contributed by atoms with Gasteiger partial charge in [-0.1, -0.05) is 6.07 Å². The number of rotatable bonds is 4. The van der Waals surface area contributed by atoms with E-state index in [9.17, 15) is 0 Å². The lowest BCUT2D eigenvalue weighted by Crippen LogP contribution is -2.20. The standard InChI is InChI=1S/C8H11IN2S.CH2O2/c1-7(11-12-9)6-8-4-2-3-5-10-8;2-1-3/h2-5,7,11H,6H2,1H3;1H,(H,2,3). The number of carboxylic acid groups (broad SMARTS) is 1. The zero-order valence-electron chi connectivity index (χ0n) is 8.26. The van der Waals surface area contributed by atoms with Crippen LogP contribution >= 0.6 is 30.3 Å². The minimum Gasteiger partial charge on any atom is -0.483 e. The highest BCUT2D eigenvalue weighted by Gasteiger charge is 2.01. The van der Waals surface area contributed by atoms with Gasteiger partial charge in [-0.3, -0.25) is 14.5 Å². The second-order valence-electron chi connectivity index (χ2n) is 2.73. The quantitative estimate of drug-likeness (QED) is 0.500. The molecule has 0 aromatic carbocycles. The molecule has 1 heterocycles. The number of pyridine rings is 1. The molecule has 0 aliphatic carbocycles. The van der Waals surface area contributed by atoms with E-state index in [0.717, 1.165) is 12.1 Å². The van der Waals surface area contributed by atoms with Gasteiger partial charge in [-0.15, -0.1) is 0 Å². The highest BCUT2D eigenvalue weighted by atomic mass is 127. The minimum atomic E-state index is -0.250. The van der Waals surface area contributed by atoms with Crippen LogP contribution in [0.25, 0.3) is 0 Å². The summed E-state index contributed by atoms with van der Waals surface area (Å²) in [6, 6.07) is 6.48. The fourth-order valence-corrected chi connectivity index (χ4v) is 2.49. The van der Waals surface area contributed by atoms with Crippen LogP contribution in [0.3, 0.4) is 0 Å². The van der Waals surface area contributed by atoms with Gasteiger partial charge in [-0.2, -0.15) is 0 Å². The van der Waals surface area contributed by atoms with Crippen molar-refractivity contribution in [1.82, 2.24) is 9.71 Å². The number of halogens is 1. The van der Waals surface area contributed by atoms with Gasteiger partial charge in [0.25, 0.3) is 6.47 Å². The van der Waals surface area contributed by atoms with Crippen LogP contribution in [0.2, 0.25) is 0 Å². The fraction of sp³-hybridized carbons (Fsp3) is 0.333. The van der Waals surface area contributed by atoms with E-state index in [4.69, 9.17) is 9.90 Å². The predicted octanol–water partition coefficient (Wildman–Crippen LogP) is 2.30. The Morgan fingerprint density at radius 3 is 2.87 bits per heavy atom. The summed E-state index contributed by atoms with van der Waals surface area (Å²) in [4.78, 5) is 12.6. The number of nitrogens with zero attached hydrogens (tertiary/aromatic N) is 1. The monoisotopic (exact) mass is 340 g/mol. The summed E-state index contributed by atoms with van der Waals surface area (Å²) in [6.45, 7) is 1.90. The molecule has 1 atom stereocenters. The molecule has 1 rings (SSSR count). The van der Waals surface area contributed by atoms with Gasteiger partial charge in [0, 0.05) is 45.6 Å². The first-order valence-corrected chi connectivity index (χ1v) is 7.61. The zero-order chi connectivity index (χ0) is 11.5. The van der Waals surface area contributed by atoms with Crippen LogP contribution in [0.1, 0.15) is 12.6 Å². The Labute approximate surface area is 106 Å². The molecule has 0 spiro atoms. The summed E-state index contributed by atoms with van der Waals surface area (Å²) < 4.78 is 3.26. The molecule has 0 fully saturated rings. The maximum atomic E-state index is 8.36. The van der Waals surface area contributed by atoms with Gasteiger partial charge in [0.15, 0.2) is 0 Å². The van der Waals surface area contributed by atoms with E-state index in [1.54, 1.807) is 9.12 Å². The normalized spacial score (nSPS) is 11.1. The SMILES string of the molecule is CC(Cc1ccccn1)NSI.O=CO. The number of hydrogen-bond donors (Lipinski definition) is 2. The Bertz CT molecular complexity index is 262. The molecule has 1 aromatic heterocycles.